The molecule has 0 radical (unpaired) electrons. The van der Waals surface area contributed by atoms with Crippen molar-refractivity contribution in [2.75, 3.05) is 11.9 Å². The van der Waals surface area contributed by atoms with Crippen LogP contribution in [0, 0.1) is 13.8 Å². The van der Waals surface area contributed by atoms with Crippen molar-refractivity contribution in [3.63, 3.8) is 0 Å². The topological polar surface area (TPSA) is 91.0 Å². The van der Waals surface area contributed by atoms with E-state index in [1.807, 2.05) is 57.2 Å². The number of rotatable bonds is 7. The van der Waals surface area contributed by atoms with E-state index in [-0.39, 0.29) is 24.0 Å². The lowest BCUT2D eigenvalue weighted by molar-refractivity contribution is -0.116. The summed E-state index contributed by atoms with van der Waals surface area (Å²) in [6.45, 7) is 6.01. The van der Waals surface area contributed by atoms with E-state index in [0.717, 1.165) is 22.7 Å². The molecule has 2 heterocycles. The molecule has 33 heavy (non-hydrogen) atoms. The van der Waals surface area contributed by atoms with Gasteiger partial charge in [-0.05, 0) is 51.1 Å². The zero-order valence-corrected chi connectivity index (χ0v) is 18.8. The average molecular weight is 444 g/mol. The Morgan fingerprint density at radius 2 is 1.76 bits per heavy atom. The Morgan fingerprint density at radius 3 is 2.39 bits per heavy atom. The summed E-state index contributed by atoms with van der Waals surface area (Å²) < 4.78 is 8.35. The zero-order chi connectivity index (χ0) is 23.4. The van der Waals surface area contributed by atoms with Crippen molar-refractivity contribution in [2.45, 2.75) is 27.3 Å². The predicted octanol–water partition coefficient (Wildman–Crippen LogP) is 3.75. The number of carbonyl (C=O) groups excluding carboxylic acids is 1. The number of ether oxygens (including phenoxy) is 1. The molecule has 2 aromatic heterocycles. The second-order valence-corrected chi connectivity index (χ2v) is 7.58. The molecule has 4 rings (SSSR count). The van der Waals surface area contributed by atoms with E-state index in [9.17, 15) is 9.59 Å². The van der Waals surface area contributed by atoms with Gasteiger partial charge in [-0.3, -0.25) is 14.2 Å². The van der Waals surface area contributed by atoms with Gasteiger partial charge in [-0.25, -0.2) is 9.67 Å². The lowest BCUT2D eigenvalue weighted by Gasteiger charge is -2.15. The van der Waals surface area contributed by atoms with Crippen molar-refractivity contribution in [3.8, 4) is 23.0 Å². The second kappa shape index (κ2) is 9.52. The monoisotopic (exact) mass is 443 g/mol. The largest absolute Gasteiger partial charge is 0.494 e. The molecule has 8 heteroatoms. The summed E-state index contributed by atoms with van der Waals surface area (Å²) in [5.41, 5.74) is 3.20. The number of hydrogen-bond acceptors (Lipinski definition) is 5. The van der Waals surface area contributed by atoms with Crippen LogP contribution in [0.15, 0.2) is 71.5 Å². The van der Waals surface area contributed by atoms with Crippen LogP contribution in [-0.2, 0) is 11.3 Å². The normalized spacial score (nSPS) is 10.8. The van der Waals surface area contributed by atoms with Gasteiger partial charge in [0.1, 0.15) is 12.3 Å². The molecule has 0 aliphatic heterocycles. The molecule has 0 saturated heterocycles. The maximum absolute atomic E-state index is 13.1. The standard InChI is InChI=1S/C25H25N5O3/c1-4-33-21-12-10-20(11-13-21)26-23(31)16-29-24(32)15-22(19-8-6-5-7-9-19)27-25(29)30-18(3)14-17(2)28-30/h5-15H,4,16H2,1-3H3,(H,26,31). The van der Waals surface area contributed by atoms with Gasteiger partial charge in [-0.2, -0.15) is 5.10 Å². The van der Waals surface area contributed by atoms with Gasteiger partial charge >= 0.3 is 0 Å². The Kier molecular flexibility index (Phi) is 6.35. The number of benzene rings is 2. The fourth-order valence-corrected chi connectivity index (χ4v) is 3.54. The van der Waals surface area contributed by atoms with E-state index in [1.165, 1.54) is 10.6 Å². The Labute approximate surface area is 191 Å². The zero-order valence-electron chi connectivity index (χ0n) is 18.8. The molecule has 8 nitrogen and oxygen atoms in total. The van der Waals surface area contributed by atoms with Crippen molar-refractivity contribution in [3.05, 3.63) is 88.5 Å². The highest BCUT2D eigenvalue weighted by atomic mass is 16.5. The quantitative estimate of drug-likeness (QED) is 0.470. The molecule has 0 spiro atoms. The molecular weight excluding hydrogens is 418 g/mol. The molecule has 0 unspecified atom stereocenters. The van der Waals surface area contributed by atoms with Gasteiger partial charge in [0.05, 0.1) is 18.0 Å². The average Bonchev–Trinajstić information content (AvgIpc) is 3.14. The van der Waals surface area contributed by atoms with Gasteiger partial charge in [0.2, 0.25) is 11.9 Å². The smallest absolute Gasteiger partial charge is 0.256 e. The van der Waals surface area contributed by atoms with Crippen molar-refractivity contribution in [2.24, 2.45) is 0 Å². The molecule has 0 fully saturated rings. The Bertz CT molecular complexity index is 1320. The fraction of sp³-hybridized carbons (Fsp3) is 0.200. The van der Waals surface area contributed by atoms with Crippen LogP contribution < -0.4 is 15.6 Å². The van der Waals surface area contributed by atoms with Crippen molar-refractivity contribution in [1.82, 2.24) is 19.3 Å². The molecule has 0 saturated carbocycles. The minimum Gasteiger partial charge on any atom is -0.494 e. The molecule has 0 atom stereocenters. The third-order valence-corrected chi connectivity index (χ3v) is 5.01. The van der Waals surface area contributed by atoms with Crippen molar-refractivity contribution >= 4 is 11.6 Å². The molecule has 1 N–H and O–H groups in total. The van der Waals surface area contributed by atoms with E-state index >= 15 is 0 Å². The summed E-state index contributed by atoms with van der Waals surface area (Å²) in [5.74, 6) is 0.659. The number of nitrogens with one attached hydrogen (secondary N) is 1. The van der Waals surface area contributed by atoms with E-state index < -0.39 is 0 Å². The van der Waals surface area contributed by atoms with Gasteiger partial charge in [0.25, 0.3) is 5.56 Å². The van der Waals surface area contributed by atoms with Gasteiger partial charge in [0.15, 0.2) is 0 Å². The predicted molar refractivity (Wildman–Crippen MR) is 127 cm³/mol. The highest BCUT2D eigenvalue weighted by Gasteiger charge is 2.17. The Morgan fingerprint density at radius 1 is 1.03 bits per heavy atom. The molecule has 0 aliphatic carbocycles. The Hall–Kier alpha value is -4.20. The first-order chi connectivity index (χ1) is 15.9. The van der Waals surface area contributed by atoms with E-state index in [1.54, 1.807) is 28.9 Å². The summed E-state index contributed by atoms with van der Waals surface area (Å²) in [5, 5.41) is 7.30. The number of aromatic nitrogens is 4. The minimum absolute atomic E-state index is 0.207. The highest BCUT2D eigenvalue weighted by Crippen LogP contribution is 2.19. The molecule has 0 aliphatic rings. The van der Waals surface area contributed by atoms with E-state index in [4.69, 9.17) is 9.72 Å². The summed E-state index contributed by atoms with van der Waals surface area (Å²) >= 11 is 0. The Balaban J connectivity index is 1.68. The maximum Gasteiger partial charge on any atom is 0.256 e. The fourth-order valence-electron chi connectivity index (χ4n) is 3.54. The van der Waals surface area contributed by atoms with Crippen LogP contribution in [0.4, 0.5) is 5.69 Å². The highest BCUT2D eigenvalue weighted by molar-refractivity contribution is 5.90. The summed E-state index contributed by atoms with van der Waals surface area (Å²) in [6, 6.07) is 19.8. The van der Waals surface area contributed by atoms with Gasteiger partial charge in [-0.15, -0.1) is 0 Å². The van der Waals surface area contributed by atoms with Crippen LogP contribution in [0.25, 0.3) is 17.2 Å². The summed E-state index contributed by atoms with van der Waals surface area (Å²) in [7, 11) is 0. The van der Waals surface area contributed by atoms with Crippen LogP contribution in [-0.4, -0.2) is 31.8 Å². The lowest BCUT2D eigenvalue weighted by atomic mass is 10.1. The minimum atomic E-state index is -0.349. The summed E-state index contributed by atoms with van der Waals surface area (Å²) in [6.07, 6.45) is 0. The van der Waals surface area contributed by atoms with E-state index in [2.05, 4.69) is 10.4 Å². The van der Waals surface area contributed by atoms with Gasteiger partial charge in [0, 0.05) is 23.0 Å². The third kappa shape index (κ3) is 5.01. The first kappa shape index (κ1) is 22.0. The van der Waals surface area contributed by atoms with Crippen molar-refractivity contribution < 1.29 is 9.53 Å². The first-order valence-electron chi connectivity index (χ1n) is 10.7. The molecule has 1 amide bonds. The van der Waals surface area contributed by atoms with Crippen LogP contribution in [0.3, 0.4) is 0 Å². The van der Waals surface area contributed by atoms with Crippen LogP contribution >= 0.6 is 0 Å². The first-order valence-corrected chi connectivity index (χ1v) is 10.7. The van der Waals surface area contributed by atoms with Gasteiger partial charge in [-0.1, -0.05) is 30.3 Å². The molecular formula is C25H25N5O3. The number of aryl methyl sites for hydroxylation is 2. The second-order valence-electron chi connectivity index (χ2n) is 7.58. The van der Waals surface area contributed by atoms with E-state index in [0.29, 0.717) is 18.0 Å². The number of anilines is 1. The molecule has 168 valence electrons. The number of carbonyl (C=O) groups is 1. The maximum atomic E-state index is 13.1. The molecule has 2 aromatic carbocycles. The number of nitrogens with zero attached hydrogens (tertiary/aromatic N) is 4. The SMILES string of the molecule is CCOc1ccc(NC(=O)Cn2c(-n3nc(C)cc3C)nc(-c3ccccc3)cc2=O)cc1. The number of amides is 1. The number of hydrogen-bond donors (Lipinski definition) is 1. The van der Waals surface area contributed by atoms with Crippen LogP contribution in [0.5, 0.6) is 5.75 Å². The van der Waals surface area contributed by atoms with Crippen LogP contribution in [0.2, 0.25) is 0 Å². The molecule has 4 aromatic rings. The molecule has 0 bridgehead atoms. The van der Waals surface area contributed by atoms with Gasteiger partial charge < -0.3 is 10.1 Å². The lowest BCUT2D eigenvalue weighted by Crippen LogP contribution is -2.31. The third-order valence-electron chi connectivity index (χ3n) is 5.01. The van der Waals surface area contributed by atoms with Crippen LogP contribution in [0.1, 0.15) is 18.3 Å². The van der Waals surface area contributed by atoms with Crippen molar-refractivity contribution in [1.29, 1.82) is 0 Å². The summed E-state index contributed by atoms with van der Waals surface area (Å²) in [4.78, 5) is 30.6.